The van der Waals surface area contributed by atoms with Crippen LogP contribution in [0.5, 0.6) is 0 Å². The number of amides is 1. The summed E-state index contributed by atoms with van der Waals surface area (Å²) >= 11 is 3.03. The van der Waals surface area contributed by atoms with Gasteiger partial charge in [-0.25, -0.2) is 9.97 Å². The highest BCUT2D eigenvalue weighted by Gasteiger charge is 2.12. The van der Waals surface area contributed by atoms with Crippen LogP contribution in [-0.2, 0) is 11.3 Å². The molecule has 0 spiro atoms. The van der Waals surface area contributed by atoms with Crippen LogP contribution in [0.15, 0.2) is 41.9 Å². The van der Waals surface area contributed by atoms with Gasteiger partial charge in [0.2, 0.25) is 5.91 Å². The molecule has 1 amide bonds. The molecule has 0 aliphatic heterocycles. The van der Waals surface area contributed by atoms with Gasteiger partial charge in [-0.1, -0.05) is 12.1 Å². The van der Waals surface area contributed by atoms with E-state index in [1.165, 1.54) is 17.4 Å². The summed E-state index contributed by atoms with van der Waals surface area (Å²) in [4.78, 5) is 22.5. The van der Waals surface area contributed by atoms with Crippen LogP contribution < -0.4 is 0 Å². The van der Waals surface area contributed by atoms with E-state index in [1.807, 2.05) is 29.6 Å². The second-order valence-corrected chi connectivity index (χ2v) is 6.80. The molecule has 2 heterocycles. The Hall–Kier alpha value is -2.09. The van der Waals surface area contributed by atoms with E-state index in [2.05, 4.69) is 9.97 Å². The van der Waals surface area contributed by atoms with Gasteiger partial charge in [0.15, 0.2) is 0 Å². The number of nitrogens with zero attached hydrogens (tertiary/aromatic N) is 3. The summed E-state index contributed by atoms with van der Waals surface area (Å²) < 4.78 is 1.09. The van der Waals surface area contributed by atoms with Gasteiger partial charge < -0.3 is 10.0 Å². The van der Waals surface area contributed by atoms with E-state index in [0.717, 1.165) is 20.2 Å². The molecule has 23 heavy (non-hydrogen) atoms. The molecule has 1 aromatic carbocycles. The van der Waals surface area contributed by atoms with Crippen molar-refractivity contribution in [3.63, 3.8) is 0 Å². The van der Waals surface area contributed by atoms with Gasteiger partial charge in [-0.05, 0) is 18.2 Å². The first-order chi connectivity index (χ1) is 11.3. The van der Waals surface area contributed by atoms with Gasteiger partial charge in [0.1, 0.15) is 10.0 Å². The van der Waals surface area contributed by atoms with Gasteiger partial charge in [0, 0.05) is 24.2 Å². The normalized spacial score (nSPS) is 11.3. The van der Waals surface area contributed by atoms with Crippen molar-refractivity contribution in [2.75, 3.05) is 13.2 Å². The number of benzene rings is 1. The van der Waals surface area contributed by atoms with E-state index in [0.29, 0.717) is 6.54 Å². The van der Waals surface area contributed by atoms with Crippen LogP contribution in [0.1, 0.15) is 10.0 Å². The molecule has 2 aromatic heterocycles. The number of hydrogen-bond donors (Lipinski definition) is 1. The number of rotatable bonds is 6. The zero-order valence-electron chi connectivity index (χ0n) is 12.3. The lowest BCUT2D eigenvalue weighted by molar-refractivity contribution is -0.127. The smallest absolute Gasteiger partial charge is 0.247 e. The number of hydrogen-bond acceptors (Lipinski definition) is 6. The van der Waals surface area contributed by atoms with E-state index < -0.39 is 0 Å². The topological polar surface area (TPSA) is 66.3 Å². The molecule has 3 aromatic rings. The monoisotopic (exact) mass is 345 g/mol. The molecule has 5 nitrogen and oxygen atoms in total. The number of aliphatic hydroxyl groups excluding tert-OH is 1. The Kier molecular flexibility index (Phi) is 5.12. The fourth-order valence-electron chi connectivity index (χ4n) is 2.09. The quantitative estimate of drug-likeness (QED) is 0.698. The lowest BCUT2D eigenvalue weighted by Crippen LogP contribution is -2.31. The first kappa shape index (κ1) is 15.8. The van der Waals surface area contributed by atoms with Crippen molar-refractivity contribution in [3.05, 3.63) is 51.9 Å². The summed E-state index contributed by atoms with van der Waals surface area (Å²) in [7, 11) is 0. The van der Waals surface area contributed by atoms with Gasteiger partial charge in [0.25, 0.3) is 0 Å². The Balaban J connectivity index is 1.72. The molecule has 118 valence electrons. The van der Waals surface area contributed by atoms with Gasteiger partial charge >= 0.3 is 0 Å². The highest BCUT2D eigenvalue weighted by atomic mass is 32.1. The highest BCUT2D eigenvalue weighted by Crippen LogP contribution is 2.22. The minimum Gasteiger partial charge on any atom is -0.395 e. The fraction of sp³-hybridized carbons (Fsp3) is 0.188. The maximum Gasteiger partial charge on any atom is 0.247 e. The zero-order chi connectivity index (χ0) is 16.1. The second-order valence-electron chi connectivity index (χ2n) is 4.76. The predicted octanol–water partition coefficient (Wildman–Crippen LogP) is 2.79. The molecule has 0 saturated heterocycles. The summed E-state index contributed by atoms with van der Waals surface area (Å²) in [6.07, 6.45) is 4.93. The fourth-order valence-corrected chi connectivity index (χ4v) is 3.59. The Bertz CT molecular complexity index is 779. The summed E-state index contributed by atoms with van der Waals surface area (Å²) in [6, 6.07) is 7.87. The molecule has 3 rings (SSSR count). The van der Waals surface area contributed by atoms with Crippen molar-refractivity contribution in [3.8, 4) is 0 Å². The van der Waals surface area contributed by atoms with Crippen molar-refractivity contribution in [1.82, 2.24) is 14.9 Å². The van der Waals surface area contributed by atoms with Crippen molar-refractivity contribution in [1.29, 1.82) is 0 Å². The van der Waals surface area contributed by atoms with Gasteiger partial charge in [0.05, 0.1) is 23.4 Å². The minimum absolute atomic E-state index is 0.0773. The average Bonchev–Trinajstić information content (AvgIpc) is 3.21. The maximum atomic E-state index is 12.3. The van der Waals surface area contributed by atoms with Crippen molar-refractivity contribution < 1.29 is 9.90 Å². The van der Waals surface area contributed by atoms with Crippen LogP contribution in [0.3, 0.4) is 0 Å². The molecule has 7 heteroatoms. The largest absolute Gasteiger partial charge is 0.395 e. The number of para-hydroxylation sites is 1. The number of carbonyl (C=O) groups is 1. The zero-order valence-corrected chi connectivity index (χ0v) is 13.9. The molecule has 0 radical (unpaired) electrons. The Morgan fingerprint density at radius 2 is 2.22 bits per heavy atom. The van der Waals surface area contributed by atoms with E-state index in [4.69, 9.17) is 5.11 Å². The third kappa shape index (κ3) is 4.01. The molecule has 0 atom stereocenters. The SMILES string of the molecule is O=C(/C=C/c1nc2ccccc2s1)N(CCO)Cc1nccs1. The third-order valence-electron chi connectivity index (χ3n) is 3.17. The Labute approximate surface area is 141 Å². The molecule has 1 N–H and O–H groups in total. The van der Waals surface area contributed by atoms with E-state index in [9.17, 15) is 4.79 Å². The van der Waals surface area contributed by atoms with E-state index in [1.54, 1.807) is 28.5 Å². The second kappa shape index (κ2) is 7.45. The summed E-state index contributed by atoms with van der Waals surface area (Å²) in [5.41, 5.74) is 0.930. The van der Waals surface area contributed by atoms with E-state index >= 15 is 0 Å². The number of fused-ring (bicyclic) bond motifs is 1. The van der Waals surface area contributed by atoms with Crippen molar-refractivity contribution in [2.24, 2.45) is 0 Å². The maximum absolute atomic E-state index is 12.3. The van der Waals surface area contributed by atoms with Crippen molar-refractivity contribution >= 4 is 44.9 Å². The number of aliphatic hydroxyl groups is 1. The minimum atomic E-state index is -0.159. The first-order valence-corrected chi connectivity index (χ1v) is 8.77. The average molecular weight is 345 g/mol. The highest BCUT2D eigenvalue weighted by molar-refractivity contribution is 7.19. The molecule has 0 unspecified atom stereocenters. The van der Waals surface area contributed by atoms with Crippen LogP contribution >= 0.6 is 22.7 Å². The van der Waals surface area contributed by atoms with Crippen LogP contribution in [-0.4, -0.2) is 39.0 Å². The lowest BCUT2D eigenvalue weighted by Gasteiger charge is -2.18. The molecule has 0 saturated carbocycles. The molecular formula is C16H15N3O2S2. The van der Waals surface area contributed by atoms with Crippen molar-refractivity contribution in [2.45, 2.75) is 6.54 Å². The van der Waals surface area contributed by atoms with Crippen LogP contribution in [0.4, 0.5) is 0 Å². The first-order valence-electron chi connectivity index (χ1n) is 7.08. The number of aromatic nitrogens is 2. The third-order valence-corrected chi connectivity index (χ3v) is 4.94. The molecule has 0 aliphatic carbocycles. The standard InChI is InChI=1S/C16H15N3O2S2/c20-9-8-19(11-15-17-7-10-22-15)16(21)6-5-14-18-12-3-1-2-4-13(12)23-14/h1-7,10,20H,8-9,11H2/b6-5+. The summed E-state index contributed by atoms with van der Waals surface area (Å²) in [6.45, 7) is 0.607. The van der Waals surface area contributed by atoms with Gasteiger partial charge in [-0.2, -0.15) is 0 Å². The molecule has 0 aliphatic rings. The van der Waals surface area contributed by atoms with Gasteiger partial charge in [-0.15, -0.1) is 22.7 Å². The number of carbonyl (C=O) groups excluding carboxylic acids is 1. The Morgan fingerprint density at radius 3 is 2.96 bits per heavy atom. The van der Waals surface area contributed by atoms with Crippen LogP contribution in [0.2, 0.25) is 0 Å². The predicted molar refractivity (Wildman–Crippen MR) is 93.3 cm³/mol. The molecule has 0 bridgehead atoms. The molecule has 0 fully saturated rings. The van der Waals surface area contributed by atoms with E-state index in [-0.39, 0.29) is 19.1 Å². The van der Waals surface area contributed by atoms with Gasteiger partial charge in [-0.3, -0.25) is 4.79 Å². The summed E-state index contributed by atoms with van der Waals surface area (Å²) in [5, 5.41) is 12.7. The van der Waals surface area contributed by atoms with Crippen LogP contribution in [0.25, 0.3) is 16.3 Å². The Morgan fingerprint density at radius 1 is 1.35 bits per heavy atom. The summed E-state index contributed by atoms with van der Waals surface area (Å²) in [5.74, 6) is -0.159. The van der Waals surface area contributed by atoms with Crippen LogP contribution in [0, 0.1) is 0 Å². The number of thiazole rings is 2. The molecular weight excluding hydrogens is 330 g/mol. The lowest BCUT2D eigenvalue weighted by atomic mass is 10.3.